The highest BCUT2D eigenvalue weighted by molar-refractivity contribution is 5.09. The van der Waals surface area contributed by atoms with Crippen LogP contribution in [-0.4, -0.2) is 5.11 Å². The fourth-order valence-corrected chi connectivity index (χ4v) is 1.04. The summed E-state index contributed by atoms with van der Waals surface area (Å²) < 4.78 is 5.35. The van der Waals surface area contributed by atoms with Gasteiger partial charge in [0, 0.05) is 6.42 Å². The Hall–Kier alpha value is -1.02. The van der Waals surface area contributed by atoms with Crippen LogP contribution in [0.25, 0.3) is 0 Å². The molecule has 1 unspecified atom stereocenters. The van der Waals surface area contributed by atoms with Crippen LogP contribution < -0.4 is 0 Å². The third-order valence-corrected chi connectivity index (χ3v) is 1.75. The van der Waals surface area contributed by atoms with E-state index in [-0.39, 0.29) is 0 Å². The Balaban J connectivity index is 2.67. The summed E-state index contributed by atoms with van der Waals surface area (Å²) in [5.41, 5.74) is 0. The maximum absolute atomic E-state index is 9.46. The van der Waals surface area contributed by atoms with Crippen molar-refractivity contribution in [2.45, 2.75) is 25.9 Å². The average Bonchev–Trinajstić information content (AvgIpc) is 2.52. The van der Waals surface area contributed by atoms with E-state index in [4.69, 9.17) is 4.42 Å². The Morgan fingerprint density at radius 1 is 1.67 bits per heavy atom. The highest BCUT2D eigenvalue weighted by Gasteiger charge is 2.09. The molecule has 2 nitrogen and oxygen atoms in total. The van der Waals surface area contributed by atoms with Crippen molar-refractivity contribution in [1.29, 1.82) is 0 Å². The van der Waals surface area contributed by atoms with E-state index in [2.05, 4.69) is 6.58 Å². The summed E-state index contributed by atoms with van der Waals surface area (Å²) in [6, 6.07) is 3.70. The first-order valence-electron chi connectivity index (χ1n) is 4.15. The second-order valence-corrected chi connectivity index (χ2v) is 2.70. The third-order valence-electron chi connectivity index (χ3n) is 1.75. The molecular weight excluding hydrogens is 152 g/mol. The minimum atomic E-state index is -0.539. The van der Waals surface area contributed by atoms with Gasteiger partial charge in [-0.15, -0.1) is 6.58 Å². The van der Waals surface area contributed by atoms with Gasteiger partial charge in [-0.3, -0.25) is 0 Å². The molecule has 1 aromatic rings. The van der Waals surface area contributed by atoms with Gasteiger partial charge in [0.15, 0.2) is 0 Å². The van der Waals surface area contributed by atoms with Crippen LogP contribution in [0.5, 0.6) is 0 Å². The van der Waals surface area contributed by atoms with Crippen molar-refractivity contribution in [3.8, 4) is 0 Å². The van der Waals surface area contributed by atoms with Crippen LogP contribution in [0.3, 0.4) is 0 Å². The molecule has 1 rings (SSSR count). The summed E-state index contributed by atoms with van der Waals surface area (Å²) in [6.07, 6.45) is 2.54. The van der Waals surface area contributed by atoms with E-state index >= 15 is 0 Å². The second-order valence-electron chi connectivity index (χ2n) is 2.70. The third kappa shape index (κ3) is 1.98. The molecule has 1 N–H and O–H groups in total. The van der Waals surface area contributed by atoms with Crippen molar-refractivity contribution in [3.63, 3.8) is 0 Å². The van der Waals surface area contributed by atoms with Gasteiger partial charge in [0.05, 0.1) is 0 Å². The normalized spacial score (nSPS) is 12.8. The number of aliphatic hydroxyl groups excluding tert-OH is 1. The Morgan fingerprint density at radius 2 is 2.42 bits per heavy atom. The number of hydrogen-bond donors (Lipinski definition) is 1. The summed E-state index contributed by atoms with van der Waals surface area (Å²) in [7, 11) is 0. The molecule has 1 atom stereocenters. The maximum atomic E-state index is 9.46. The van der Waals surface area contributed by atoms with Crippen LogP contribution >= 0.6 is 0 Å². The molecule has 0 bridgehead atoms. The zero-order valence-electron chi connectivity index (χ0n) is 7.29. The van der Waals surface area contributed by atoms with E-state index in [1.165, 1.54) is 0 Å². The van der Waals surface area contributed by atoms with Crippen molar-refractivity contribution in [2.75, 3.05) is 0 Å². The van der Waals surface area contributed by atoms with Gasteiger partial charge in [0.1, 0.15) is 17.6 Å². The van der Waals surface area contributed by atoms with Crippen LogP contribution in [-0.2, 0) is 6.42 Å². The monoisotopic (exact) mass is 166 g/mol. The lowest BCUT2D eigenvalue weighted by molar-refractivity contribution is 0.151. The molecule has 0 saturated heterocycles. The summed E-state index contributed by atoms with van der Waals surface area (Å²) in [5.74, 6) is 1.54. The molecule has 0 aliphatic heterocycles. The lowest BCUT2D eigenvalue weighted by Crippen LogP contribution is -1.92. The minimum Gasteiger partial charge on any atom is -0.463 e. The smallest absolute Gasteiger partial charge is 0.132 e. The molecule has 1 heterocycles. The fourth-order valence-electron chi connectivity index (χ4n) is 1.04. The summed E-state index contributed by atoms with van der Waals surface area (Å²) in [5, 5.41) is 9.46. The van der Waals surface area contributed by atoms with Crippen LogP contribution in [0, 0.1) is 0 Å². The van der Waals surface area contributed by atoms with Gasteiger partial charge in [-0.25, -0.2) is 0 Å². The van der Waals surface area contributed by atoms with E-state index in [9.17, 15) is 5.11 Å². The van der Waals surface area contributed by atoms with Gasteiger partial charge in [0.2, 0.25) is 0 Å². The average molecular weight is 166 g/mol. The topological polar surface area (TPSA) is 33.4 Å². The van der Waals surface area contributed by atoms with Gasteiger partial charge < -0.3 is 9.52 Å². The Labute approximate surface area is 72.5 Å². The first-order chi connectivity index (χ1) is 5.77. The molecule has 66 valence electrons. The van der Waals surface area contributed by atoms with E-state index in [0.717, 1.165) is 12.2 Å². The molecule has 12 heavy (non-hydrogen) atoms. The second kappa shape index (κ2) is 4.12. The van der Waals surface area contributed by atoms with Gasteiger partial charge in [-0.2, -0.15) is 0 Å². The molecule has 1 aromatic heterocycles. The molecule has 0 radical (unpaired) electrons. The summed E-state index contributed by atoms with van der Waals surface area (Å²) >= 11 is 0. The molecular formula is C10H14O2. The van der Waals surface area contributed by atoms with Crippen LogP contribution in [0.15, 0.2) is 29.2 Å². The van der Waals surface area contributed by atoms with Gasteiger partial charge in [-0.1, -0.05) is 13.0 Å². The highest BCUT2D eigenvalue weighted by atomic mass is 16.4. The standard InChI is InChI=1S/C10H14O2/c1-3-5-9(11)10-7-6-8(4-2)12-10/h3,6-7,9,11H,1,4-5H2,2H3. The Kier molecular flexibility index (Phi) is 3.11. The first-order valence-corrected chi connectivity index (χ1v) is 4.15. The maximum Gasteiger partial charge on any atom is 0.132 e. The minimum absolute atomic E-state index is 0.538. The Morgan fingerprint density at radius 3 is 2.92 bits per heavy atom. The fraction of sp³-hybridized carbons (Fsp3) is 0.400. The molecule has 0 spiro atoms. The number of aryl methyl sites for hydroxylation is 1. The lowest BCUT2D eigenvalue weighted by Gasteiger charge is -2.02. The summed E-state index contributed by atoms with van der Waals surface area (Å²) in [6.45, 7) is 5.57. The number of hydrogen-bond acceptors (Lipinski definition) is 2. The van der Waals surface area contributed by atoms with Crippen LogP contribution in [0.4, 0.5) is 0 Å². The van der Waals surface area contributed by atoms with E-state index < -0.39 is 6.10 Å². The zero-order chi connectivity index (χ0) is 8.97. The highest BCUT2D eigenvalue weighted by Crippen LogP contribution is 2.19. The van der Waals surface area contributed by atoms with Crippen molar-refractivity contribution < 1.29 is 9.52 Å². The lowest BCUT2D eigenvalue weighted by atomic mass is 10.2. The largest absolute Gasteiger partial charge is 0.463 e. The van der Waals surface area contributed by atoms with Gasteiger partial charge >= 0.3 is 0 Å². The molecule has 0 aromatic carbocycles. The predicted octanol–water partition coefficient (Wildman–Crippen LogP) is 2.45. The first kappa shape index (κ1) is 9.07. The van der Waals surface area contributed by atoms with Crippen molar-refractivity contribution in [3.05, 3.63) is 36.3 Å². The van der Waals surface area contributed by atoms with Crippen molar-refractivity contribution >= 4 is 0 Å². The molecule has 0 aliphatic carbocycles. The molecule has 0 aliphatic rings. The van der Waals surface area contributed by atoms with Crippen LogP contribution in [0.1, 0.15) is 31.0 Å². The SMILES string of the molecule is C=CCC(O)c1ccc(CC)o1. The predicted molar refractivity (Wildman–Crippen MR) is 47.9 cm³/mol. The summed E-state index contributed by atoms with van der Waals surface area (Å²) in [4.78, 5) is 0. The number of aliphatic hydroxyl groups is 1. The van der Waals surface area contributed by atoms with Crippen molar-refractivity contribution in [2.24, 2.45) is 0 Å². The Bertz CT molecular complexity index is 250. The molecule has 0 saturated carbocycles. The van der Waals surface area contributed by atoms with E-state index in [1.54, 1.807) is 6.08 Å². The zero-order valence-corrected chi connectivity index (χ0v) is 7.29. The molecule has 0 amide bonds. The van der Waals surface area contributed by atoms with Crippen LogP contribution in [0.2, 0.25) is 0 Å². The van der Waals surface area contributed by atoms with E-state index in [0.29, 0.717) is 12.2 Å². The van der Waals surface area contributed by atoms with Gasteiger partial charge in [-0.05, 0) is 18.6 Å². The quantitative estimate of drug-likeness (QED) is 0.697. The number of furan rings is 1. The number of rotatable bonds is 4. The molecule has 2 heteroatoms. The van der Waals surface area contributed by atoms with Crippen molar-refractivity contribution in [1.82, 2.24) is 0 Å². The van der Waals surface area contributed by atoms with Gasteiger partial charge in [0.25, 0.3) is 0 Å². The molecule has 0 fully saturated rings. The van der Waals surface area contributed by atoms with E-state index in [1.807, 2.05) is 19.1 Å².